The number of nitrogens with two attached hydrogens (primary N) is 1. The van der Waals surface area contributed by atoms with Crippen molar-refractivity contribution >= 4 is 40.0 Å². The molecule has 0 aliphatic heterocycles. The van der Waals surface area contributed by atoms with E-state index >= 15 is 0 Å². The lowest BCUT2D eigenvalue weighted by Gasteiger charge is -2.23. The first-order valence-electron chi connectivity index (χ1n) is 6.57. The minimum atomic E-state index is -3.13. The maximum atomic E-state index is 11.2. The van der Waals surface area contributed by atoms with Crippen LogP contribution in [0.3, 0.4) is 0 Å². The molecular weight excluding hydrogens is 379 g/mol. The first kappa shape index (κ1) is 18.9. The van der Waals surface area contributed by atoms with Gasteiger partial charge in [-0.1, -0.05) is 19.3 Å². The van der Waals surface area contributed by atoms with E-state index in [0.29, 0.717) is 25.1 Å². The third-order valence-electron chi connectivity index (χ3n) is 3.05. The summed E-state index contributed by atoms with van der Waals surface area (Å²) in [5.41, 5.74) is 5.75. The molecular formula is C11H25IN4O2S. The fourth-order valence-corrected chi connectivity index (χ4v) is 2.59. The van der Waals surface area contributed by atoms with Crippen LogP contribution >= 0.6 is 24.0 Å². The van der Waals surface area contributed by atoms with Crippen LogP contribution in [0.15, 0.2) is 4.99 Å². The number of nitrogens with one attached hydrogen (secondary N) is 2. The van der Waals surface area contributed by atoms with E-state index in [-0.39, 0.29) is 29.7 Å². The number of nitrogens with zero attached hydrogens (tertiary/aromatic N) is 1. The molecule has 0 aromatic carbocycles. The van der Waals surface area contributed by atoms with E-state index in [2.05, 4.69) is 15.0 Å². The molecule has 1 aliphatic carbocycles. The quantitative estimate of drug-likeness (QED) is 0.264. The second-order valence-electron chi connectivity index (χ2n) is 4.54. The van der Waals surface area contributed by atoms with E-state index in [0.717, 1.165) is 12.8 Å². The minimum absolute atomic E-state index is 0. The van der Waals surface area contributed by atoms with Gasteiger partial charge in [0, 0.05) is 12.6 Å². The van der Waals surface area contributed by atoms with E-state index in [1.54, 1.807) is 6.92 Å². The predicted octanol–water partition coefficient (Wildman–Crippen LogP) is 0.781. The zero-order valence-electron chi connectivity index (χ0n) is 11.4. The van der Waals surface area contributed by atoms with Crippen molar-refractivity contribution in [3.05, 3.63) is 0 Å². The fourth-order valence-electron chi connectivity index (χ4n) is 1.98. The van der Waals surface area contributed by atoms with Crippen LogP contribution in [-0.4, -0.2) is 39.3 Å². The summed E-state index contributed by atoms with van der Waals surface area (Å²) in [6.07, 6.45) is 6.05. The van der Waals surface area contributed by atoms with Crippen LogP contribution in [0.4, 0.5) is 0 Å². The summed E-state index contributed by atoms with van der Waals surface area (Å²) >= 11 is 0. The number of guanidine groups is 1. The molecule has 0 radical (unpaired) electrons. The molecule has 8 heteroatoms. The third-order valence-corrected chi connectivity index (χ3v) is 4.46. The van der Waals surface area contributed by atoms with Crippen molar-refractivity contribution in [3.63, 3.8) is 0 Å². The Hall–Kier alpha value is -0.0900. The zero-order valence-corrected chi connectivity index (χ0v) is 14.5. The Balaban J connectivity index is 0.00000324. The molecule has 0 saturated heterocycles. The molecule has 4 N–H and O–H groups in total. The number of hydrogen-bond donors (Lipinski definition) is 3. The monoisotopic (exact) mass is 404 g/mol. The second kappa shape index (κ2) is 9.76. The summed E-state index contributed by atoms with van der Waals surface area (Å²) in [5.74, 6) is 0.504. The second-order valence-corrected chi connectivity index (χ2v) is 6.64. The van der Waals surface area contributed by atoms with E-state index in [1.165, 1.54) is 19.3 Å². The van der Waals surface area contributed by atoms with Gasteiger partial charge >= 0.3 is 0 Å². The number of sulfonamides is 1. The lowest BCUT2D eigenvalue weighted by Crippen LogP contribution is -2.41. The van der Waals surface area contributed by atoms with Crippen LogP contribution in [0.2, 0.25) is 0 Å². The number of rotatable bonds is 6. The summed E-state index contributed by atoms with van der Waals surface area (Å²) < 4.78 is 24.8. The molecule has 0 aromatic rings. The minimum Gasteiger partial charge on any atom is -0.370 e. The first-order valence-corrected chi connectivity index (χ1v) is 8.22. The van der Waals surface area contributed by atoms with Crippen LogP contribution in [0.5, 0.6) is 0 Å². The zero-order chi connectivity index (χ0) is 13.4. The van der Waals surface area contributed by atoms with Crippen molar-refractivity contribution in [2.45, 2.75) is 45.1 Å². The average Bonchev–Trinajstić information content (AvgIpc) is 2.36. The van der Waals surface area contributed by atoms with Crippen LogP contribution in [0.1, 0.15) is 39.0 Å². The lowest BCUT2D eigenvalue weighted by atomic mass is 9.96. The Bertz CT molecular complexity index is 367. The molecule has 6 nitrogen and oxygen atoms in total. The van der Waals surface area contributed by atoms with Gasteiger partial charge in [0.15, 0.2) is 5.96 Å². The molecule has 1 saturated carbocycles. The van der Waals surface area contributed by atoms with Gasteiger partial charge in [-0.15, -0.1) is 24.0 Å². The number of hydrogen-bond acceptors (Lipinski definition) is 3. The standard InChI is InChI=1S/C11H24N4O2S.HI/c1-2-18(16,17)14-9-8-13-11(12)15-10-6-4-3-5-7-10;/h10,14H,2-9H2,1H3,(H3,12,13,15);1H. The number of aliphatic imine (C=N–C) groups is 1. The maximum absolute atomic E-state index is 11.2. The Morgan fingerprint density at radius 3 is 2.53 bits per heavy atom. The topological polar surface area (TPSA) is 96.6 Å². The Kier molecular flexibility index (Phi) is 9.71. The van der Waals surface area contributed by atoms with Gasteiger partial charge in [0.1, 0.15) is 0 Å². The normalized spacial score (nSPS) is 17.8. The predicted molar refractivity (Wildman–Crippen MR) is 89.4 cm³/mol. The van der Waals surface area contributed by atoms with Gasteiger partial charge in [0.05, 0.1) is 12.3 Å². The largest absolute Gasteiger partial charge is 0.370 e. The summed E-state index contributed by atoms with van der Waals surface area (Å²) in [5, 5.41) is 3.18. The van der Waals surface area contributed by atoms with Gasteiger partial charge in [-0.2, -0.15) is 0 Å². The highest BCUT2D eigenvalue weighted by Crippen LogP contribution is 2.16. The molecule has 0 heterocycles. The van der Waals surface area contributed by atoms with Crippen molar-refractivity contribution in [2.24, 2.45) is 10.7 Å². The van der Waals surface area contributed by atoms with Crippen molar-refractivity contribution in [2.75, 3.05) is 18.8 Å². The van der Waals surface area contributed by atoms with Gasteiger partial charge in [-0.25, -0.2) is 13.1 Å². The van der Waals surface area contributed by atoms with Crippen molar-refractivity contribution in [1.82, 2.24) is 10.0 Å². The molecule has 1 aliphatic rings. The number of halogens is 1. The fraction of sp³-hybridized carbons (Fsp3) is 0.909. The van der Waals surface area contributed by atoms with Crippen molar-refractivity contribution in [3.8, 4) is 0 Å². The molecule has 1 rings (SSSR count). The van der Waals surface area contributed by atoms with E-state index in [4.69, 9.17) is 5.73 Å². The van der Waals surface area contributed by atoms with Crippen LogP contribution in [0, 0.1) is 0 Å². The van der Waals surface area contributed by atoms with Gasteiger partial charge < -0.3 is 11.1 Å². The SMILES string of the molecule is CCS(=O)(=O)NCCN=C(N)NC1CCCCC1.I. The molecule has 0 atom stereocenters. The molecule has 19 heavy (non-hydrogen) atoms. The van der Waals surface area contributed by atoms with Crippen molar-refractivity contribution < 1.29 is 8.42 Å². The highest BCUT2D eigenvalue weighted by atomic mass is 127. The van der Waals surface area contributed by atoms with Crippen LogP contribution in [-0.2, 0) is 10.0 Å². The van der Waals surface area contributed by atoms with E-state index in [1.807, 2.05) is 0 Å². The Morgan fingerprint density at radius 2 is 1.95 bits per heavy atom. The maximum Gasteiger partial charge on any atom is 0.211 e. The molecule has 0 unspecified atom stereocenters. The first-order chi connectivity index (χ1) is 8.53. The van der Waals surface area contributed by atoms with E-state index < -0.39 is 10.0 Å². The Morgan fingerprint density at radius 1 is 1.32 bits per heavy atom. The van der Waals surface area contributed by atoms with Gasteiger partial charge in [-0.3, -0.25) is 4.99 Å². The van der Waals surface area contributed by atoms with Crippen molar-refractivity contribution in [1.29, 1.82) is 0 Å². The molecule has 0 aromatic heterocycles. The highest BCUT2D eigenvalue weighted by molar-refractivity contribution is 14.0. The molecule has 1 fully saturated rings. The van der Waals surface area contributed by atoms with E-state index in [9.17, 15) is 8.42 Å². The smallest absolute Gasteiger partial charge is 0.211 e. The summed E-state index contributed by atoms with van der Waals surface area (Å²) in [6.45, 7) is 2.26. The molecule has 0 spiro atoms. The average molecular weight is 404 g/mol. The molecule has 114 valence electrons. The van der Waals surface area contributed by atoms with Gasteiger partial charge in [0.2, 0.25) is 10.0 Å². The van der Waals surface area contributed by atoms with Crippen LogP contribution in [0.25, 0.3) is 0 Å². The van der Waals surface area contributed by atoms with Gasteiger partial charge in [-0.05, 0) is 19.8 Å². The van der Waals surface area contributed by atoms with Gasteiger partial charge in [0.25, 0.3) is 0 Å². The highest BCUT2D eigenvalue weighted by Gasteiger charge is 2.13. The Labute approximate surface area is 133 Å². The summed E-state index contributed by atoms with van der Waals surface area (Å²) in [7, 11) is -3.13. The lowest BCUT2D eigenvalue weighted by molar-refractivity contribution is 0.412. The molecule has 0 amide bonds. The third kappa shape index (κ3) is 8.64. The molecule has 0 bridgehead atoms. The summed E-state index contributed by atoms with van der Waals surface area (Å²) in [4.78, 5) is 4.11. The van der Waals surface area contributed by atoms with Crippen LogP contribution < -0.4 is 15.8 Å². The summed E-state index contributed by atoms with van der Waals surface area (Å²) in [6, 6.07) is 0.426.